The lowest BCUT2D eigenvalue weighted by Crippen LogP contribution is -2.38. The molecule has 0 spiro atoms. The highest BCUT2D eigenvalue weighted by atomic mass is 31.2. The fourth-order valence-electron chi connectivity index (χ4n) is 1.94. The first kappa shape index (κ1) is 18.0. The molecular formula is C12H15N4O7P. The van der Waals surface area contributed by atoms with Gasteiger partial charge < -0.3 is 19.8 Å². The first-order valence-electron chi connectivity index (χ1n) is 6.66. The molecular weight excluding hydrogens is 343 g/mol. The Balaban J connectivity index is 2.57. The van der Waals surface area contributed by atoms with Crippen LogP contribution in [0.3, 0.4) is 0 Å². The quantitative estimate of drug-likeness (QED) is 0.216. The molecule has 12 heteroatoms. The van der Waals surface area contributed by atoms with Crippen molar-refractivity contribution in [3.8, 4) is 0 Å². The smallest absolute Gasteiger partial charge is 0.323 e. The van der Waals surface area contributed by atoms with Crippen molar-refractivity contribution in [3.63, 3.8) is 0 Å². The van der Waals surface area contributed by atoms with Crippen molar-refractivity contribution < 1.29 is 19.3 Å². The molecule has 0 saturated heterocycles. The third-order valence-corrected chi connectivity index (χ3v) is 5.16. The highest BCUT2D eigenvalue weighted by Gasteiger charge is 2.37. The second kappa shape index (κ2) is 5.95. The van der Waals surface area contributed by atoms with Crippen molar-refractivity contribution in [1.82, 2.24) is 15.3 Å². The topological polar surface area (TPSA) is 178 Å². The first-order chi connectivity index (χ1) is 10.9. The molecule has 1 aromatic carbocycles. The van der Waals surface area contributed by atoms with E-state index < -0.39 is 28.9 Å². The van der Waals surface area contributed by atoms with Gasteiger partial charge in [0.1, 0.15) is 5.28 Å². The number of nitrogens with zero attached hydrogens (tertiary/aromatic N) is 1. The predicted octanol–water partition coefficient (Wildman–Crippen LogP) is 0.128. The normalized spacial score (nSPS) is 12.5. The maximum atomic E-state index is 11.5. The largest absolute Gasteiger partial charge is 0.344 e. The zero-order chi connectivity index (χ0) is 18.3. The molecule has 2 rings (SSSR count). The summed E-state index contributed by atoms with van der Waals surface area (Å²) in [5, 5.41) is 12.0. The van der Waals surface area contributed by atoms with Crippen molar-refractivity contribution in [2.24, 2.45) is 0 Å². The number of aromatic nitrogens is 2. The van der Waals surface area contributed by atoms with Gasteiger partial charge in [0.05, 0.1) is 16.0 Å². The van der Waals surface area contributed by atoms with Crippen LogP contribution in [0.4, 0.5) is 5.69 Å². The van der Waals surface area contributed by atoms with Crippen LogP contribution in [0.25, 0.3) is 11.0 Å². The Morgan fingerprint density at radius 1 is 1.25 bits per heavy atom. The summed E-state index contributed by atoms with van der Waals surface area (Å²) in [7, 11) is -4.49. The first-order valence-corrected chi connectivity index (χ1v) is 8.28. The lowest BCUT2D eigenvalue weighted by Gasteiger charge is -2.27. The van der Waals surface area contributed by atoms with Crippen molar-refractivity contribution in [2.75, 3.05) is 0 Å². The molecule has 24 heavy (non-hydrogen) atoms. The highest BCUT2D eigenvalue weighted by Crippen LogP contribution is 2.48. The summed E-state index contributed by atoms with van der Waals surface area (Å²) in [6.07, 6.45) is 0. The molecule has 0 unspecified atom stereocenters. The van der Waals surface area contributed by atoms with E-state index in [0.29, 0.717) is 0 Å². The highest BCUT2D eigenvalue weighted by molar-refractivity contribution is 7.53. The predicted molar refractivity (Wildman–Crippen MR) is 84.8 cm³/mol. The van der Waals surface area contributed by atoms with Crippen LogP contribution in [0.1, 0.15) is 19.4 Å². The second-order valence-electron chi connectivity index (χ2n) is 5.65. The molecule has 0 aliphatic rings. The number of benzene rings is 1. The van der Waals surface area contributed by atoms with Crippen LogP contribution in [-0.2, 0) is 11.1 Å². The van der Waals surface area contributed by atoms with E-state index in [9.17, 15) is 34.1 Å². The third-order valence-electron chi connectivity index (χ3n) is 3.55. The molecule has 0 fully saturated rings. The van der Waals surface area contributed by atoms with Crippen LogP contribution < -0.4 is 16.4 Å². The van der Waals surface area contributed by atoms with Crippen molar-refractivity contribution >= 4 is 24.3 Å². The van der Waals surface area contributed by atoms with Gasteiger partial charge in [-0.25, -0.2) is 0 Å². The molecule has 0 radical (unpaired) electrons. The average molecular weight is 358 g/mol. The molecule has 0 amide bonds. The number of fused-ring (bicyclic) bond motifs is 1. The third kappa shape index (κ3) is 3.44. The molecule has 11 nitrogen and oxygen atoms in total. The Labute approximate surface area is 134 Å². The van der Waals surface area contributed by atoms with Gasteiger partial charge >= 0.3 is 18.7 Å². The summed E-state index contributed by atoms with van der Waals surface area (Å²) in [4.78, 5) is 56.3. The lowest BCUT2D eigenvalue weighted by atomic mass is 10.1. The minimum atomic E-state index is -4.49. The van der Waals surface area contributed by atoms with E-state index in [1.807, 2.05) is 0 Å². The van der Waals surface area contributed by atoms with Gasteiger partial charge in [0, 0.05) is 18.7 Å². The van der Waals surface area contributed by atoms with E-state index in [-0.39, 0.29) is 28.8 Å². The summed E-state index contributed by atoms with van der Waals surface area (Å²) in [6.45, 7) is 2.37. The number of nitrogens with one attached hydrogen (secondary N) is 3. The van der Waals surface area contributed by atoms with Gasteiger partial charge in [-0.05, 0) is 19.4 Å². The van der Waals surface area contributed by atoms with Gasteiger partial charge in [-0.15, -0.1) is 0 Å². The summed E-state index contributed by atoms with van der Waals surface area (Å²) >= 11 is 0. The zero-order valence-corrected chi connectivity index (χ0v) is 13.6. The Morgan fingerprint density at radius 2 is 1.83 bits per heavy atom. The van der Waals surface area contributed by atoms with Crippen LogP contribution in [0, 0.1) is 10.1 Å². The summed E-state index contributed by atoms with van der Waals surface area (Å²) in [5.74, 6) is 0. The number of H-pyrrole nitrogens is 2. The minimum Gasteiger partial charge on any atom is -0.323 e. The molecule has 1 aromatic heterocycles. The van der Waals surface area contributed by atoms with E-state index in [0.717, 1.165) is 12.1 Å². The van der Waals surface area contributed by atoms with Gasteiger partial charge in [-0.1, -0.05) is 0 Å². The Hall–Kier alpha value is -2.33. The number of nitro groups is 1. The Kier molecular flexibility index (Phi) is 4.46. The van der Waals surface area contributed by atoms with E-state index in [4.69, 9.17) is 0 Å². The maximum absolute atomic E-state index is 11.5. The average Bonchev–Trinajstić information content (AvgIpc) is 2.44. The maximum Gasteiger partial charge on any atom is 0.344 e. The van der Waals surface area contributed by atoms with Gasteiger partial charge in [-0.3, -0.25) is 29.6 Å². The molecule has 1 heterocycles. The summed E-state index contributed by atoms with van der Waals surface area (Å²) < 4.78 is 11.4. The SMILES string of the molecule is CC(C)(NCc1cc([N+](=O)[O-])cc2[nH]c(=O)c(=O)[nH]c12)P(=O)(O)O. The van der Waals surface area contributed by atoms with Crippen LogP contribution in [0.15, 0.2) is 21.7 Å². The van der Waals surface area contributed by atoms with E-state index in [1.165, 1.54) is 13.8 Å². The number of hydrogen-bond donors (Lipinski definition) is 5. The van der Waals surface area contributed by atoms with Crippen molar-refractivity contribution in [3.05, 3.63) is 48.5 Å². The van der Waals surface area contributed by atoms with Crippen molar-refractivity contribution in [1.29, 1.82) is 0 Å². The molecule has 0 aliphatic carbocycles. The monoisotopic (exact) mass is 358 g/mol. The Morgan fingerprint density at radius 3 is 2.38 bits per heavy atom. The number of nitro benzene ring substituents is 1. The van der Waals surface area contributed by atoms with E-state index in [1.54, 1.807) is 0 Å². The molecule has 0 atom stereocenters. The fraction of sp³-hybridized carbons (Fsp3) is 0.333. The zero-order valence-electron chi connectivity index (χ0n) is 12.7. The Bertz CT molecular complexity index is 972. The molecule has 0 aliphatic heterocycles. The van der Waals surface area contributed by atoms with Crippen LogP contribution in [0.2, 0.25) is 0 Å². The molecule has 0 saturated carbocycles. The van der Waals surface area contributed by atoms with Crippen LogP contribution in [-0.4, -0.2) is 30.0 Å². The summed E-state index contributed by atoms with van der Waals surface area (Å²) in [5.41, 5.74) is -1.85. The van der Waals surface area contributed by atoms with Crippen LogP contribution in [0.5, 0.6) is 0 Å². The second-order valence-corrected chi connectivity index (χ2v) is 7.86. The van der Waals surface area contributed by atoms with Crippen molar-refractivity contribution in [2.45, 2.75) is 25.7 Å². The summed E-state index contributed by atoms with van der Waals surface area (Å²) in [6, 6.07) is 2.24. The van der Waals surface area contributed by atoms with E-state index >= 15 is 0 Å². The fourth-order valence-corrected chi connectivity index (χ4v) is 2.23. The standard InChI is InChI=1S/C12H15N4O7P/c1-12(2,24(21,22)23)13-5-6-3-7(16(19)20)4-8-9(6)15-11(18)10(17)14-8/h3-4,13H,5H2,1-2H3,(H,14,17)(H,15,18)(H2,21,22,23). The molecule has 5 N–H and O–H groups in total. The van der Waals surface area contributed by atoms with Gasteiger partial charge in [0.25, 0.3) is 5.69 Å². The number of non-ortho nitro benzene ring substituents is 1. The van der Waals surface area contributed by atoms with Gasteiger partial charge in [0.15, 0.2) is 0 Å². The number of aromatic amines is 2. The van der Waals surface area contributed by atoms with E-state index in [2.05, 4.69) is 15.3 Å². The van der Waals surface area contributed by atoms with Gasteiger partial charge in [0.2, 0.25) is 0 Å². The minimum absolute atomic E-state index is 0.0413. The molecule has 2 aromatic rings. The molecule has 130 valence electrons. The molecule has 0 bridgehead atoms. The number of rotatable bonds is 5. The number of hydrogen-bond acceptors (Lipinski definition) is 6. The lowest BCUT2D eigenvalue weighted by molar-refractivity contribution is -0.384. The van der Waals surface area contributed by atoms with Gasteiger partial charge in [-0.2, -0.15) is 0 Å². The van der Waals surface area contributed by atoms with Crippen LogP contribution >= 0.6 is 7.60 Å².